The predicted molar refractivity (Wildman–Crippen MR) is 159 cm³/mol. The van der Waals surface area contributed by atoms with Crippen LogP contribution in [0.2, 0.25) is 0 Å². The molecule has 2 aromatic heterocycles. The number of aryl methyl sites for hydroxylation is 1. The lowest BCUT2D eigenvalue weighted by molar-refractivity contribution is -0.384. The number of ether oxygens (including phenoxy) is 1. The van der Waals surface area contributed by atoms with Crippen LogP contribution >= 0.6 is 11.3 Å². The molecule has 0 fully saturated rings. The topological polar surface area (TPSA) is 96.7 Å². The van der Waals surface area contributed by atoms with Gasteiger partial charge in [-0.15, -0.1) is 11.3 Å². The number of aromatic nitrogens is 2. The lowest BCUT2D eigenvalue weighted by Crippen LogP contribution is -2.28. The van der Waals surface area contributed by atoms with Crippen molar-refractivity contribution in [1.82, 2.24) is 14.9 Å². The van der Waals surface area contributed by atoms with E-state index in [0.717, 1.165) is 47.3 Å². The number of allylic oxidation sites excluding steroid dienone is 1. The number of nitro benzene ring substituents is 1. The number of hydrogen-bond acceptors (Lipinski definition) is 9. The van der Waals surface area contributed by atoms with Gasteiger partial charge in [0.15, 0.2) is 0 Å². The van der Waals surface area contributed by atoms with E-state index in [1.54, 1.807) is 24.5 Å². The van der Waals surface area contributed by atoms with E-state index in [9.17, 15) is 10.1 Å². The van der Waals surface area contributed by atoms with Crippen molar-refractivity contribution in [3.8, 4) is 5.75 Å². The molecule has 39 heavy (non-hydrogen) atoms. The van der Waals surface area contributed by atoms with E-state index < -0.39 is 0 Å². The van der Waals surface area contributed by atoms with Gasteiger partial charge in [0.25, 0.3) is 5.69 Å². The molecule has 0 aliphatic heterocycles. The number of methoxy groups -OCH3 is 1. The van der Waals surface area contributed by atoms with E-state index in [1.165, 1.54) is 17.2 Å². The number of hydrogen-bond donors (Lipinski definition) is 1. The van der Waals surface area contributed by atoms with Gasteiger partial charge in [0.2, 0.25) is 5.95 Å². The van der Waals surface area contributed by atoms with Gasteiger partial charge >= 0.3 is 0 Å². The van der Waals surface area contributed by atoms with Crippen LogP contribution in [0.1, 0.15) is 29.7 Å². The smallest absolute Gasteiger partial charge is 0.294 e. The van der Waals surface area contributed by atoms with Gasteiger partial charge in [-0.25, -0.2) is 9.97 Å². The summed E-state index contributed by atoms with van der Waals surface area (Å²) in [6.45, 7) is 1.38. The highest BCUT2D eigenvalue weighted by molar-refractivity contribution is 7.16. The molecule has 10 heteroatoms. The zero-order valence-corrected chi connectivity index (χ0v) is 23.4. The summed E-state index contributed by atoms with van der Waals surface area (Å²) >= 11 is 1.54. The Morgan fingerprint density at radius 3 is 2.72 bits per heavy atom. The summed E-state index contributed by atoms with van der Waals surface area (Å²) in [4.78, 5) is 26.2. The zero-order valence-electron chi connectivity index (χ0n) is 22.6. The number of likely N-dealkylation sites (N-methyl/N-ethyl adjacent to an activating group) is 2. The van der Waals surface area contributed by atoms with E-state index in [0.29, 0.717) is 29.6 Å². The summed E-state index contributed by atoms with van der Waals surface area (Å²) in [5, 5.41) is 18.3. The molecule has 0 saturated heterocycles. The lowest BCUT2D eigenvalue weighted by Gasteiger charge is -2.23. The third kappa shape index (κ3) is 5.57. The van der Waals surface area contributed by atoms with Gasteiger partial charge in [0.05, 0.1) is 23.4 Å². The van der Waals surface area contributed by atoms with Crippen LogP contribution < -0.4 is 15.0 Å². The van der Waals surface area contributed by atoms with Gasteiger partial charge in [-0.3, -0.25) is 10.1 Å². The molecule has 5 rings (SSSR count). The van der Waals surface area contributed by atoms with Crippen LogP contribution in [0, 0.1) is 10.1 Å². The molecule has 2 heterocycles. The van der Waals surface area contributed by atoms with Crippen LogP contribution in [0.4, 0.5) is 23.0 Å². The fourth-order valence-corrected chi connectivity index (χ4v) is 5.62. The fourth-order valence-electron chi connectivity index (χ4n) is 4.86. The summed E-state index contributed by atoms with van der Waals surface area (Å²) in [7, 11) is 7.34. The van der Waals surface area contributed by atoms with E-state index in [-0.39, 0.29) is 10.6 Å². The molecule has 9 nitrogen and oxygen atoms in total. The Hall–Kier alpha value is -4.02. The first kappa shape index (κ1) is 26.6. The molecule has 1 aliphatic rings. The summed E-state index contributed by atoms with van der Waals surface area (Å²) in [5.41, 5.74) is 5.34. The summed E-state index contributed by atoms with van der Waals surface area (Å²) in [6, 6.07) is 13.7. The van der Waals surface area contributed by atoms with E-state index in [2.05, 4.69) is 41.7 Å². The number of rotatable bonds is 9. The Kier molecular flexibility index (Phi) is 7.76. The van der Waals surface area contributed by atoms with Crippen LogP contribution in [0.3, 0.4) is 0 Å². The summed E-state index contributed by atoms with van der Waals surface area (Å²) in [5.74, 6) is 0.839. The van der Waals surface area contributed by atoms with Crippen molar-refractivity contribution in [3.63, 3.8) is 0 Å². The minimum absolute atomic E-state index is 0.0163. The Bertz CT molecular complexity index is 1550. The van der Waals surface area contributed by atoms with Crippen molar-refractivity contribution in [2.45, 2.75) is 19.3 Å². The fraction of sp³-hybridized carbons (Fsp3) is 0.310. The number of thiophene rings is 1. The Labute approximate surface area is 231 Å². The molecule has 1 aliphatic carbocycles. The third-order valence-corrected chi connectivity index (χ3v) is 7.73. The molecule has 4 aromatic rings. The Morgan fingerprint density at radius 2 is 1.95 bits per heavy atom. The molecule has 1 N–H and O–H groups in total. The van der Waals surface area contributed by atoms with E-state index >= 15 is 0 Å². The normalized spacial score (nSPS) is 13.1. The second-order valence-electron chi connectivity index (χ2n) is 9.85. The van der Waals surface area contributed by atoms with Gasteiger partial charge < -0.3 is 19.9 Å². The maximum absolute atomic E-state index is 12.1. The number of nitrogens with one attached hydrogen (secondary N) is 1. The van der Waals surface area contributed by atoms with Gasteiger partial charge in [-0.05, 0) is 55.9 Å². The highest BCUT2D eigenvalue weighted by Crippen LogP contribution is 2.40. The molecule has 0 unspecified atom stereocenters. The average molecular weight is 545 g/mol. The quantitative estimate of drug-likeness (QED) is 0.199. The highest BCUT2D eigenvalue weighted by Gasteiger charge is 2.24. The molecule has 0 atom stereocenters. The maximum Gasteiger partial charge on any atom is 0.294 e. The molecule has 0 amide bonds. The van der Waals surface area contributed by atoms with Crippen molar-refractivity contribution in [2.24, 2.45) is 0 Å². The summed E-state index contributed by atoms with van der Waals surface area (Å²) in [6.07, 6.45) is 5.33. The summed E-state index contributed by atoms with van der Waals surface area (Å²) < 4.78 is 5.66. The van der Waals surface area contributed by atoms with Crippen molar-refractivity contribution < 1.29 is 9.66 Å². The van der Waals surface area contributed by atoms with Crippen LogP contribution in [-0.2, 0) is 6.42 Å². The van der Waals surface area contributed by atoms with Gasteiger partial charge in [0, 0.05) is 43.2 Å². The first-order chi connectivity index (χ1) is 18.9. The van der Waals surface area contributed by atoms with Crippen molar-refractivity contribution >= 4 is 50.1 Å². The number of nitro groups is 1. The maximum atomic E-state index is 12.1. The predicted octanol–water partition coefficient (Wildman–Crippen LogP) is 6.12. The molecule has 0 radical (unpaired) electrons. The first-order valence-corrected chi connectivity index (χ1v) is 13.8. The molecule has 0 spiro atoms. The zero-order chi connectivity index (χ0) is 27.5. The molecule has 0 bridgehead atoms. The van der Waals surface area contributed by atoms with Gasteiger partial charge in [-0.1, -0.05) is 30.3 Å². The standard InChI is InChI=1S/C29H32N6O3S/c1-33(2)14-15-34(3)24-18-26(38-4)23(17-25(24)35(36)37)30-29-31-27(22-13-16-39-28(22)32-29)21-12-8-6-10-19-9-5-7-11-20(19)21/h5,7,9,11-13,16-18H,6,8,10,14-15H2,1-4H3,(H,30,31,32). The molecular formula is C29H32N6O3S. The van der Waals surface area contributed by atoms with Gasteiger partial charge in [-0.2, -0.15) is 0 Å². The SMILES string of the molecule is COc1cc(N(C)CCN(C)C)c([N+](=O)[O-])cc1Nc1nc(C2=CCCCc3ccccc32)c2ccsc2n1. The highest BCUT2D eigenvalue weighted by atomic mass is 32.1. The van der Waals surface area contributed by atoms with Crippen LogP contribution in [0.5, 0.6) is 5.75 Å². The number of nitrogens with zero attached hydrogens (tertiary/aromatic N) is 5. The van der Waals surface area contributed by atoms with Crippen LogP contribution in [0.25, 0.3) is 15.8 Å². The second kappa shape index (κ2) is 11.4. The van der Waals surface area contributed by atoms with E-state index in [4.69, 9.17) is 14.7 Å². The number of fused-ring (bicyclic) bond motifs is 2. The van der Waals surface area contributed by atoms with Crippen molar-refractivity contribution in [1.29, 1.82) is 0 Å². The molecule has 202 valence electrons. The molecule has 0 saturated carbocycles. The minimum atomic E-state index is -0.367. The van der Waals surface area contributed by atoms with Crippen LogP contribution in [-0.4, -0.2) is 61.1 Å². The first-order valence-electron chi connectivity index (χ1n) is 12.9. The Balaban J connectivity index is 1.57. The molecular weight excluding hydrogens is 512 g/mol. The third-order valence-electron chi connectivity index (χ3n) is 6.92. The average Bonchev–Trinajstić information content (AvgIpc) is 3.30. The molecule has 2 aromatic carbocycles. The second-order valence-corrected chi connectivity index (χ2v) is 10.7. The largest absolute Gasteiger partial charge is 0.494 e. The van der Waals surface area contributed by atoms with E-state index in [1.807, 2.05) is 36.3 Å². The monoisotopic (exact) mass is 544 g/mol. The number of anilines is 3. The number of benzene rings is 2. The Morgan fingerprint density at radius 1 is 1.13 bits per heavy atom. The minimum Gasteiger partial charge on any atom is -0.494 e. The lowest BCUT2D eigenvalue weighted by atomic mass is 9.96. The van der Waals surface area contributed by atoms with Crippen LogP contribution in [0.15, 0.2) is 53.9 Å². The van der Waals surface area contributed by atoms with Crippen molar-refractivity contribution in [2.75, 3.05) is 51.6 Å². The van der Waals surface area contributed by atoms with Crippen molar-refractivity contribution in [3.05, 3.63) is 80.9 Å². The van der Waals surface area contributed by atoms with Gasteiger partial charge in [0.1, 0.15) is 16.3 Å².